The van der Waals surface area contributed by atoms with Crippen LogP contribution in [0.1, 0.15) is 25.5 Å². The molecule has 2 heterocycles. The normalized spacial score (nSPS) is 15.8. The lowest BCUT2D eigenvalue weighted by molar-refractivity contribution is -0.143. The number of hydrogen-bond donors (Lipinski definition) is 3. The summed E-state index contributed by atoms with van der Waals surface area (Å²) in [5.74, 6) is -1.38. The van der Waals surface area contributed by atoms with E-state index in [1.54, 1.807) is 24.4 Å². The van der Waals surface area contributed by atoms with Crippen LogP contribution in [0.4, 0.5) is 15.8 Å². The highest BCUT2D eigenvalue weighted by Gasteiger charge is 2.32. The Morgan fingerprint density at radius 1 is 1.06 bits per heavy atom. The molecule has 1 aliphatic rings. The molecule has 0 unspecified atom stereocenters. The molecular formula is C24H27FN4O3. The Morgan fingerprint density at radius 2 is 1.75 bits per heavy atom. The van der Waals surface area contributed by atoms with E-state index >= 15 is 0 Å². The smallest absolute Gasteiger partial charge is 0.325 e. The Bertz CT molecular complexity index is 1120. The van der Waals surface area contributed by atoms with Crippen molar-refractivity contribution in [1.29, 1.82) is 0 Å². The Kier molecular flexibility index (Phi) is 6.14. The molecule has 1 atom stereocenters. The fraction of sp³-hybridized carbons (Fsp3) is 0.333. The molecule has 1 fully saturated rings. The minimum absolute atomic E-state index is 0.0708. The first kappa shape index (κ1) is 21.8. The highest BCUT2D eigenvalue weighted by Crippen LogP contribution is 2.31. The van der Waals surface area contributed by atoms with Gasteiger partial charge in [-0.15, -0.1) is 0 Å². The van der Waals surface area contributed by atoms with Gasteiger partial charge in [0.1, 0.15) is 11.9 Å². The van der Waals surface area contributed by atoms with Gasteiger partial charge in [0.15, 0.2) is 0 Å². The summed E-state index contributed by atoms with van der Waals surface area (Å²) in [7, 11) is 0. The minimum Gasteiger partial charge on any atom is -0.480 e. The molecule has 168 valence electrons. The van der Waals surface area contributed by atoms with Gasteiger partial charge in [-0.25, -0.2) is 4.39 Å². The number of carbonyl (C=O) groups excluding carboxylic acids is 1. The summed E-state index contributed by atoms with van der Waals surface area (Å²) in [6, 6.07) is 11.0. The van der Waals surface area contributed by atoms with Crippen LogP contribution >= 0.6 is 0 Å². The van der Waals surface area contributed by atoms with Crippen molar-refractivity contribution in [1.82, 2.24) is 9.88 Å². The van der Waals surface area contributed by atoms with E-state index < -0.39 is 12.0 Å². The number of carboxylic acids is 1. The fourth-order valence-corrected chi connectivity index (χ4v) is 4.12. The number of anilines is 2. The number of carbonyl (C=O) groups is 2. The lowest BCUT2D eigenvalue weighted by atomic mass is 10.0. The average Bonchev–Trinajstić information content (AvgIpc) is 3.17. The van der Waals surface area contributed by atoms with Crippen molar-refractivity contribution < 1.29 is 19.1 Å². The Hall–Kier alpha value is -3.39. The summed E-state index contributed by atoms with van der Waals surface area (Å²) in [4.78, 5) is 31.5. The number of nitrogens with zero attached hydrogens (tertiary/aromatic N) is 2. The second-order valence-corrected chi connectivity index (χ2v) is 8.39. The number of nitrogens with one attached hydrogen (secondary N) is 2. The van der Waals surface area contributed by atoms with Gasteiger partial charge in [0.25, 0.3) is 0 Å². The first-order valence-corrected chi connectivity index (χ1v) is 10.7. The van der Waals surface area contributed by atoms with Crippen LogP contribution in [0.5, 0.6) is 0 Å². The molecule has 0 bridgehead atoms. The van der Waals surface area contributed by atoms with Crippen LogP contribution in [0, 0.1) is 11.7 Å². The van der Waals surface area contributed by atoms with Crippen molar-refractivity contribution in [3.05, 3.63) is 60.0 Å². The molecular weight excluding hydrogens is 411 g/mol. The average molecular weight is 439 g/mol. The predicted octanol–water partition coefficient (Wildman–Crippen LogP) is 3.85. The molecule has 1 aromatic heterocycles. The van der Waals surface area contributed by atoms with Crippen molar-refractivity contribution in [2.24, 2.45) is 5.92 Å². The van der Waals surface area contributed by atoms with Crippen LogP contribution in [-0.4, -0.2) is 53.0 Å². The number of carboxylic acid groups (broad SMARTS) is 1. The van der Waals surface area contributed by atoms with Gasteiger partial charge < -0.3 is 20.3 Å². The van der Waals surface area contributed by atoms with Gasteiger partial charge in [0.05, 0.1) is 0 Å². The number of aromatic nitrogens is 1. The van der Waals surface area contributed by atoms with E-state index in [0.29, 0.717) is 37.4 Å². The van der Waals surface area contributed by atoms with Crippen LogP contribution in [-0.2, 0) is 9.59 Å². The van der Waals surface area contributed by atoms with Gasteiger partial charge >= 0.3 is 5.97 Å². The van der Waals surface area contributed by atoms with Crippen LogP contribution in [0.25, 0.3) is 10.9 Å². The van der Waals surface area contributed by atoms with Crippen molar-refractivity contribution in [2.75, 3.05) is 36.4 Å². The third kappa shape index (κ3) is 4.45. The molecule has 0 radical (unpaired) electrons. The third-order valence-corrected chi connectivity index (χ3v) is 5.91. The fourth-order valence-electron chi connectivity index (χ4n) is 4.12. The first-order valence-electron chi connectivity index (χ1n) is 10.7. The molecule has 4 rings (SSSR count). The number of hydrogen-bond acceptors (Lipinski definition) is 4. The maximum atomic E-state index is 13.2. The summed E-state index contributed by atoms with van der Waals surface area (Å²) in [5, 5.41) is 13.7. The summed E-state index contributed by atoms with van der Waals surface area (Å²) < 4.78 is 13.2. The van der Waals surface area contributed by atoms with E-state index in [2.05, 4.69) is 15.2 Å². The third-order valence-electron chi connectivity index (χ3n) is 5.91. The van der Waals surface area contributed by atoms with Gasteiger partial charge in [0.2, 0.25) is 5.91 Å². The van der Waals surface area contributed by atoms with E-state index in [4.69, 9.17) is 0 Å². The molecule has 1 aliphatic heterocycles. The molecule has 3 aromatic rings. The number of halogens is 1. The number of amides is 1. The molecule has 7 nitrogen and oxygen atoms in total. The molecule has 3 N–H and O–H groups in total. The zero-order valence-electron chi connectivity index (χ0n) is 18.1. The summed E-state index contributed by atoms with van der Waals surface area (Å²) in [6.07, 6.45) is 1.74. The summed E-state index contributed by atoms with van der Waals surface area (Å²) >= 11 is 0. The summed E-state index contributed by atoms with van der Waals surface area (Å²) in [6.45, 7) is 6.11. The number of rotatable bonds is 6. The zero-order chi connectivity index (χ0) is 22.8. The number of aliphatic carboxylic acids is 1. The highest BCUT2D eigenvalue weighted by molar-refractivity contribution is 5.96. The van der Waals surface area contributed by atoms with E-state index in [0.717, 1.165) is 16.6 Å². The predicted molar refractivity (Wildman–Crippen MR) is 122 cm³/mol. The monoisotopic (exact) mass is 438 g/mol. The van der Waals surface area contributed by atoms with Crippen molar-refractivity contribution >= 4 is 34.2 Å². The van der Waals surface area contributed by atoms with E-state index in [-0.39, 0.29) is 17.6 Å². The van der Waals surface area contributed by atoms with Gasteiger partial charge in [-0.3, -0.25) is 14.5 Å². The van der Waals surface area contributed by atoms with Gasteiger partial charge in [-0.2, -0.15) is 0 Å². The Balaban J connectivity index is 1.52. The van der Waals surface area contributed by atoms with Crippen molar-refractivity contribution in [3.63, 3.8) is 0 Å². The topological polar surface area (TPSA) is 88.7 Å². The molecule has 0 spiro atoms. The van der Waals surface area contributed by atoms with E-state index in [9.17, 15) is 19.1 Å². The Labute approximate surface area is 185 Å². The van der Waals surface area contributed by atoms with E-state index in [1.165, 1.54) is 12.1 Å². The molecule has 1 saturated heterocycles. The van der Waals surface area contributed by atoms with E-state index in [1.807, 2.05) is 30.9 Å². The van der Waals surface area contributed by atoms with Gasteiger partial charge in [-0.1, -0.05) is 19.9 Å². The van der Waals surface area contributed by atoms with Gasteiger partial charge in [-0.05, 0) is 36.4 Å². The van der Waals surface area contributed by atoms with Crippen LogP contribution in [0.15, 0.2) is 48.7 Å². The lowest BCUT2D eigenvalue weighted by Gasteiger charge is -2.38. The van der Waals surface area contributed by atoms with Crippen LogP contribution < -0.4 is 10.2 Å². The second-order valence-electron chi connectivity index (χ2n) is 8.39. The van der Waals surface area contributed by atoms with Crippen molar-refractivity contribution in [3.8, 4) is 0 Å². The largest absolute Gasteiger partial charge is 0.480 e. The lowest BCUT2D eigenvalue weighted by Crippen LogP contribution is -2.49. The van der Waals surface area contributed by atoms with Crippen LogP contribution in [0.2, 0.25) is 0 Å². The second kappa shape index (κ2) is 9.00. The number of benzene rings is 2. The van der Waals surface area contributed by atoms with Gasteiger partial charge in [0, 0.05) is 66.1 Å². The SMILES string of the molecule is CC(C)C(=O)Nc1ccc2c([C@H](C(=O)O)N3CCN(c4ccc(F)cc4)CC3)c[nH]c2c1. The number of piperazine rings is 1. The maximum Gasteiger partial charge on any atom is 0.325 e. The number of fused-ring (bicyclic) bond motifs is 1. The van der Waals surface area contributed by atoms with Crippen LogP contribution in [0.3, 0.4) is 0 Å². The number of aromatic amines is 1. The first-order chi connectivity index (χ1) is 15.3. The maximum absolute atomic E-state index is 13.2. The molecule has 0 aliphatic carbocycles. The quantitative estimate of drug-likeness (QED) is 0.544. The molecule has 0 saturated carbocycles. The zero-order valence-corrected chi connectivity index (χ0v) is 18.1. The van der Waals surface area contributed by atoms with Crippen molar-refractivity contribution in [2.45, 2.75) is 19.9 Å². The highest BCUT2D eigenvalue weighted by atomic mass is 19.1. The molecule has 8 heteroatoms. The Morgan fingerprint density at radius 3 is 2.38 bits per heavy atom. The number of H-pyrrole nitrogens is 1. The standard InChI is InChI=1S/C24H27FN4O3/c1-15(2)23(30)27-17-5-8-19-20(14-26-21(19)13-17)22(24(31)32)29-11-9-28(10-12-29)18-6-3-16(25)4-7-18/h3-8,13-15,22,26H,9-12H2,1-2H3,(H,27,30)(H,31,32)/t22-/m1/s1. The minimum atomic E-state index is -0.904. The molecule has 32 heavy (non-hydrogen) atoms. The molecule has 2 aromatic carbocycles. The molecule has 1 amide bonds. The summed E-state index contributed by atoms with van der Waals surface area (Å²) in [5.41, 5.74) is 3.08.